The van der Waals surface area contributed by atoms with Gasteiger partial charge in [-0.25, -0.2) is 9.18 Å². The molecule has 17 heavy (non-hydrogen) atoms. The van der Waals surface area contributed by atoms with Crippen LogP contribution in [0.3, 0.4) is 0 Å². The van der Waals surface area contributed by atoms with Crippen molar-refractivity contribution >= 4 is 11.9 Å². The van der Waals surface area contributed by atoms with Crippen LogP contribution in [0, 0.1) is 0 Å². The van der Waals surface area contributed by atoms with E-state index in [1.165, 1.54) is 0 Å². The van der Waals surface area contributed by atoms with E-state index in [-0.39, 0.29) is 18.1 Å². The maximum absolute atomic E-state index is 13.2. The van der Waals surface area contributed by atoms with Gasteiger partial charge in [-0.15, -0.1) is 0 Å². The van der Waals surface area contributed by atoms with E-state index < -0.39 is 11.9 Å². The van der Waals surface area contributed by atoms with E-state index in [2.05, 4.69) is 11.9 Å². The minimum absolute atomic E-state index is 0.0819. The number of rotatable bonds is 4. The van der Waals surface area contributed by atoms with Crippen LogP contribution in [-0.2, 0) is 4.79 Å². The molecule has 5 nitrogen and oxygen atoms in total. The number of likely N-dealkylation sites (N-methyl/N-ethyl adjacent to an activating group) is 1. The Kier molecular flexibility index (Phi) is 4.25. The van der Waals surface area contributed by atoms with E-state index in [4.69, 9.17) is 0 Å². The Hall–Kier alpha value is -1.85. The van der Waals surface area contributed by atoms with Gasteiger partial charge in [0.1, 0.15) is 6.54 Å². The maximum Gasteiger partial charge on any atom is 0.326 e. The van der Waals surface area contributed by atoms with Crippen molar-refractivity contribution in [3.8, 4) is 0 Å². The monoisotopic (exact) mass is 241 g/mol. The number of urea groups is 1. The summed E-state index contributed by atoms with van der Waals surface area (Å²) >= 11 is 0. The maximum atomic E-state index is 13.2. The number of amides is 3. The zero-order valence-electron chi connectivity index (χ0n) is 9.99. The van der Waals surface area contributed by atoms with E-state index in [0.717, 1.165) is 11.1 Å². The molecule has 0 fully saturated rings. The van der Waals surface area contributed by atoms with Crippen molar-refractivity contribution in [2.24, 2.45) is 0 Å². The quantitative estimate of drug-likeness (QED) is 0.804. The van der Waals surface area contributed by atoms with E-state index in [0.29, 0.717) is 13.1 Å². The second kappa shape index (κ2) is 5.47. The molecule has 6 heteroatoms. The van der Waals surface area contributed by atoms with Gasteiger partial charge >= 0.3 is 6.03 Å². The molecule has 0 bridgehead atoms. The van der Waals surface area contributed by atoms with E-state index in [9.17, 15) is 14.0 Å². The predicted molar refractivity (Wildman–Crippen MR) is 61.5 cm³/mol. The summed E-state index contributed by atoms with van der Waals surface area (Å²) in [5.41, 5.74) is -0.0819. The first-order chi connectivity index (χ1) is 7.99. The highest BCUT2D eigenvalue weighted by Gasteiger charge is 2.24. The van der Waals surface area contributed by atoms with Crippen LogP contribution in [0.1, 0.15) is 13.8 Å². The average Bonchev–Trinajstić information content (AvgIpc) is 2.27. The second-order valence-corrected chi connectivity index (χ2v) is 3.58. The number of nitrogens with zero attached hydrogens (tertiary/aromatic N) is 2. The lowest BCUT2D eigenvalue weighted by molar-refractivity contribution is -0.131. The number of hydrogen-bond donors (Lipinski definition) is 1. The van der Waals surface area contributed by atoms with E-state index in [1.807, 2.05) is 13.8 Å². The summed E-state index contributed by atoms with van der Waals surface area (Å²) in [5.74, 6) is -0.862. The van der Waals surface area contributed by atoms with Crippen molar-refractivity contribution in [2.75, 3.05) is 19.6 Å². The van der Waals surface area contributed by atoms with Gasteiger partial charge in [0.2, 0.25) is 5.91 Å². The number of halogens is 1. The lowest BCUT2D eigenvalue weighted by Gasteiger charge is -2.26. The van der Waals surface area contributed by atoms with Gasteiger partial charge in [0.05, 0.1) is 5.70 Å². The minimum Gasteiger partial charge on any atom is -0.342 e. The molecule has 1 heterocycles. The highest BCUT2D eigenvalue weighted by atomic mass is 19.1. The Bertz CT molecular complexity index is 375. The first-order valence-electron chi connectivity index (χ1n) is 5.41. The summed E-state index contributed by atoms with van der Waals surface area (Å²) in [6.45, 7) is 7.96. The highest BCUT2D eigenvalue weighted by Crippen LogP contribution is 2.14. The average molecular weight is 241 g/mol. The summed E-state index contributed by atoms with van der Waals surface area (Å²) in [4.78, 5) is 25.8. The molecule has 0 saturated carbocycles. The molecule has 0 spiro atoms. The number of carbonyl (C=O) groups is 2. The smallest absolute Gasteiger partial charge is 0.326 e. The first kappa shape index (κ1) is 13.2. The number of nitrogens with one attached hydrogen (secondary N) is 1. The van der Waals surface area contributed by atoms with Crippen molar-refractivity contribution < 1.29 is 14.0 Å². The van der Waals surface area contributed by atoms with Crippen LogP contribution in [0.25, 0.3) is 0 Å². The molecule has 0 aliphatic carbocycles. The molecule has 0 radical (unpaired) electrons. The Morgan fingerprint density at radius 2 is 2.12 bits per heavy atom. The van der Waals surface area contributed by atoms with Crippen LogP contribution < -0.4 is 5.32 Å². The molecule has 3 amide bonds. The third-order valence-corrected chi connectivity index (χ3v) is 2.50. The Morgan fingerprint density at radius 1 is 1.53 bits per heavy atom. The molecule has 0 unspecified atom stereocenters. The van der Waals surface area contributed by atoms with Gasteiger partial charge in [-0.1, -0.05) is 6.58 Å². The molecule has 0 aromatic rings. The molecular formula is C11H16FN3O2. The fraction of sp³-hybridized carbons (Fsp3) is 0.455. The number of hydrogen-bond acceptors (Lipinski definition) is 2. The van der Waals surface area contributed by atoms with Gasteiger partial charge in [0, 0.05) is 19.3 Å². The largest absolute Gasteiger partial charge is 0.342 e. The standard InChI is InChI=1S/C11H16FN3O2/c1-4-14(5-2)10(16)7-15-6-9(12)8(3)13-11(15)17/h6H,3-5,7H2,1-2H3,(H,13,17). The van der Waals surface area contributed by atoms with E-state index >= 15 is 0 Å². The second-order valence-electron chi connectivity index (χ2n) is 3.58. The zero-order valence-corrected chi connectivity index (χ0v) is 9.99. The molecule has 1 N–H and O–H groups in total. The SMILES string of the molecule is C=C1NC(=O)N(CC(=O)N(CC)CC)C=C1F. The Labute approximate surface area is 99.6 Å². The molecule has 1 aliphatic heterocycles. The van der Waals surface area contributed by atoms with Gasteiger partial charge in [0.25, 0.3) is 0 Å². The number of allylic oxidation sites excluding steroid dienone is 1. The molecule has 0 atom stereocenters. The Balaban J connectivity index is 2.72. The third-order valence-electron chi connectivity index (χ3n) is 2.50. The lowest BCUT2D eigenvalue weighted by Crippen LogP contribution is -2.46. The minimum atomic E-state index is -0.642. The summed E-state index contributed by atoms with van der Waals surface area (Å²) in [6, 6.07) is -0.545. The molecule has 94 valence electrons. The summed E-state index contributed by atoms with van der Waals surface area (Å²) in [6.07, 6.45) is 0.989. The van der Waals surface area contributed by atoms with Crippen LogP contribution in [0.15, 0.2) is 24.3 Å². The van der Waals surface area contributed by atoms with Crippen molar-refractivity contribution in [3.63, 3.8) is 0 Å². The van der Waals surface area contributed by atoms with Crippen LogP contribution in [0.5, 0.6) is 0 Å². The fourth-order valence-electron chi connectivity index (χ4n) is 1.47. The van der Waals surface area contributed by atoms with Gasteiger partial charge in [0.15, 0.2) is 5.83 Å². The van der Waals surface area contributed by atoms with Crippen LogP contribution in [-0.4, -0.2) is 41.4 Å². The number of carbonyl (C=O) groups excluding carboxylic acids is 2. The van der Waals surface area contributed by atoms with Gasteiger partial charge in [-0.3, -0.25) is 9.69 Å². The van der Waals surface area contributed by atoms with Crippen LogP contribution >= 0.6 is 0 Å². The highest BCUT2D eigenvalue weighted by molar-refractivity contribution is 5.86. The molecule has 1 rings (SSSR count). The van der Waals surface area contributed by atoms with E-state index in [1.54, 1.807) is 4.90 Å². The molecule has 0 aromatic carbocycles. The lowest BCUT2D eigenvalue weighted by atomic mass is 10.3. The van der Waals surface area contributed by atoms with Gasteiger partial charge in [-0.05, 0) is 13.8 Å². The summed E-state index contributed by atoms with van der Waals surface area (Å²) in [5, 5.41) is 2.24. The predicted octanol–water partition coefficient (Wildman–Crippen LogP) is 1.20. The Morgan fingerprint density at radius 3 is 2.65 bits per heavy atom. The van der Waals surface area contributed by atoms with Gasteiger partial charge in [-0.2, -0.15) is 0 Å². The molecule has 1 aliphatic rings. The first-order valence-corrected chi connectivity index (χ1v) is 5.41. The van der Waals surface area contributed by atoms with Crippen molar-refractivity contribution in [1.82, 2.24) is 15.1 Å². The molecule has 0 aromatic heterocycles. The van der Waals surface area contributed by atoms with Crippen LogP contribution in [0.2, 0.25) is 0 Å². The zero-order chi connectivity index (χ0) is 13.0. The summed E-state index contributed by atoms with van der Waals surface area (Å²) in [7, 11) is 0. The normalized spacial score (nSPS) is 15.5. The summed E-state index contributed by atoms with van der Waals surface area (Å²) < 4.78 is 13.2. The molecular weight excluding hydrogens is 225 g/mol. The molecule has 0 saturated heterocycles. The van der Waals surface area contributed by atoms with Crippen LogP contribution in [0.4, 0.5) is 9.18 Å². The fourth-order valence-corrected chi connectivity index (χ4v) is 1.47. The van der Waals surface area contributed by atoms with Gasteiger partial charge < -0.3 is 10.2 Å². The van der Waals surface area contributed by atoms with Crippen molar-refractivity contribution in [3.05, 3.63) is 24.3 Å². The van der Waals surface area contributed by atoms with Crippen molar-refractivity contribution in [2.45, 2.75) is 13.8 Å². The topological polar surface area (TPSA) is 52.7 Å². The van der Waals surface area contributed by atoms with Crippen molar-refractivity contribution in [1.29, 1.82) is 0 Å². The third kappa shape index (κ3) is 3.05.